The van der Waals surface area contributed by atoms with E-state index in [-0.39, 0.29) is 0 Å². The molecular formula is C16H12BrClN2. The number of anilines is 1. The van der Waals surface area contributed by atoms with Crippen molar-refractivity contribution in [1.29, 1.82) is 0 Å². The number of hydrogen-bond acceptors (Lipinski definition) is 2. The molecule has 20 heavy (non-hydrogen) atoms. The predicted octanol–water partition coefficient (Wildman–Crippen LogP) is 5.21. The number of pyridine rings is 1. The van der Waals surface area contributed by atoms with Crippen molar-refractivity contribution in [1.82, 2.24) is 4.98 Å². The summed E-state index contributed by atoms with van der Waals surface area (Å²) in [4.78, 5) is 4.72. The standard InChI is InChI=1S/C16H12BrClN2/c1-9-14(19)13-11(17)7-8-12(18)16(13)20-15(9)10-5-3-2-4-6-10/h2-8H,1H3,(H2,19,20). The number of aromatic nitrogens is 1. The molecule has 2 aromatic carbocycles. The van der Waals surface area contributed by atoms with Crippen LogP contribution in [0.1, 0.15) is 5.56 Å². The number of rotatable bonds is 1. The van der Waals surface area contributed by atoms with Crippen molar-refractivity contribution in [2.24, 2.45) is 0 Å². The first-order valence-corrected chi connectivity index (χ1v) is 7.36. The molecule has 0 spiro atoms. The van der Waals surface area contributed by atoms with Crippen molar-refractivity contribution in [2.75, 3.05) is 5.73 Å². The topological polar surface area (TPSA) is 38.9 Å². The summed E-state index contributed by atoms with van der Waals surface area (Å²) >= 11 is 9.79. The van der Waals surface area contributed by atoms with Gasteiger partial charge in [-0.1, -0.05) is 57.9 Å². The van der Waals surface area contributed by atoms with Gasteiger partial charge in [0.25, 0.3) is 0 Å². The van der Waals surface area contributed by atoms with Gasteiger partial charge in [0.15, 0.2) is 0 Å². The summed E-state index contributed by atoms with van der Waals surface area (Å²) in [5, 5.41) is 1.47. The molecule has 0 fully saturated rings. The minimum absolute atomic E-state index is 0.604. The highest BCUT2D eigenvalue weighted by molar-refractivity contribution is 9.10. The van der Waals surface area contributed by atoms with Crippen LogP contribution in [0.4, 0.5) is 5.69 Å². The van der Waals surface area contributed by atoms with Gasteiger partial charge in [0.05, 0.1) is 16.2 Å². The van der Waals surface area contributed by atoms with Gasteiger partial charge in [0.2, 0.25) is 0 Å². The molecule has 0 bridgehead atoms. The lowest BCUT2D eigenvalue weighted by Crippen LogP contribution is -1.99. The quantitative estimate of drug-likeness (QED) is 0.656. The first-order chi connectivity index (χ1) is 9.59. The number of halogens is 2. The fraction of sp³-hybridized carbons (Fsp3) is 0.0625. The molecule has 0 radical (unpaired) electrons. The molecule has 0 saturated carbocycles. The van der Waals surface area contributed by atoms with E-state index in [4.69, 9.17) is 22.3 Å². The Morgan fingerprint density at radius 3 is 2.50 bits per heavy atom. The second-order valence-corrected chi connectivity index (χ2v) is 5.88. The molecule has 3 rings (SSSR count). The largest absolute Gasteiger partial charge is 0.398 e. The first-order valence-electron chi connectivity index (χ1n) is 6.19. The summed E-state index contributed by atoms with van der Waals surface area (Å²) in [6.07, 6.45) is 0. The van der Waals surface area contributed by atoms with Gasteiger partial charge in [0.1, 0.15) is 0 Å². The lowest BCUT2D eigenvalue weighted by molar-refractivity contribution is 1.33. The van der Waals surface area contributed by atoms with Gasteiger partial charge in [-0.15, -0.1) is 0 Å². The van der Waals surface area contributed by atoms with Crippen molar-refractivity contribution >= 4 is 44.1 Å². The second kappa shape index (κ2) is 5.08. The number of nitrogens with zero attached hydrogens (tertiary/aromatic N) is 1. The molecule has 0 unspecified atom stereocenters. The maximum atomic E-state index is 6.30. The highest BCUT2D eigenvalue weighted by Gasteiger charge is 2.15. The number of hydrogen-bond donors (Lipinski definition) is 1. The van der Waals surface area contributed by atoms with Crippen LogP contribution in [0.25, 0.3) is 22.2 Å². The van der Waals surface area contributed by atoms with E-state index < -0.39 is 0 Å². The van der Waals surface area contributed by atoms with Crippen molar-refractivity contribution < 1.29 is 0 Å². The summed E-state index contributed by atoms with van der Waals surface area (Å²) < 4.78 is 0.907. The Hall–Kier alpha value is -1.58. The second-order valence-electron chi connectivity index (χ2n) is 4.62. The van der Waals surface area contributed by atoms with Gasteiger partial charge in [-0.2, -0.15) is 0 Å². The minimum Gasteiger partial charge on any atom is -0.398 e. The molecule has 0 aliphatic carbocycles. The smallest absolute Gasteiger partial charge is 0.0927 e. The third kappa shape index (κ3) is 2.07. The maximum absolute atomic E-state index is 6.30. The van der Waals surface area contributed by atoms with E-state index >= 15 is 0 Å². The molecule has 100 valence electrons. The lowest BCUT2D eigenvalue weighted by Gasteiger charge is -2.13. The molecule has 0 atom stereocenters. The van der Waals surface area contributed by atoms with E-state index in [9.17, 15) is 0 Å². The molecule has 0 saturated heterocycles. The van der Waals surface area contributed by atoms with Crippen LogP contribution in [-0.4, -0.2) is 4.98 Å². The number of nitrogen functional groups attached to an aromatic ring is 1. The van der Waals surface area contributed by atoms with Gasteiger partial charge in [-0.3, -0.25) is 0 Å². The molecule has 1 heterocycles. The van der Waals surface area contributed by atoms with Crippen molar-refractivity contribution in [2.45, 2.75) is 6.92 Å². The average molecular weight is 348 g/mol. The Morgan fingerprint density at radius 2 is 1.80 bits per heavy atom. The van der Waals surface area contributed by atoms with Crippen LogP contribution in [0, 0.1) is 6.92 Å². The molecule has 3 aromatic rings. The Bertz CT molecular complexity index is 801. The van der Waals surface area contributed by atoms with E-state index in [1.165, 1.54) is 0 Å². The number of nitrogens with two attached hydrogens (primary N) is 1. The normalized spacial score (nSPS) is 10.9. The zero-order valence-electron chi connectivity index (χ0n) is 10.8. The van der Waals surface area contributed by atoms with E-state index in [0.29, 0.717) is 10.7 Å². The molecule has 2 nitrogen and oxygen atoms in total. The van der Waals surface area contributed by atoms with Crippen LogP contribution in [0.3, 0.4) is 0 Å². The summed E-state index contributed by atoms with van der Waals surface area (Å²) in [7, 11) is 0. The molecular weight excluding hydrogens is 336 g/mol. The Balaban J connectivity index is 2.42. The molecule has 2 N–H and O–H groups in total. The Labute approximate surface area is 130 Å². The average Bonchev–Trinajstić information content (AvgIpc) is 2.47. The third-order valence-corrected chi connectivity index (χ3v) is 4.34. The summed E-state index contributed by atoms with van der Waals surface area (Å²) in [5.41, 5.74) is 10.6. The van der Waals surface area contributed by atoms with Crippen LogP contribution in [0.15, 0.2) is 46.9 Å². The lowest BCUT2D eigenvalue weighted by atomic mass is 10.0. The van der Waals surface area contributed by atoms with Crippen molar-refractivity contribution in [3.05, 3.63) is 57.5 Å². The predicted molar refractivity (Wildman–Crippen MR) is 89.0 cm³/mol. The fourth-order valence-corrected chi connectivity index (χ4v) is 3.03. The zero-order valence-corrected chi connectivity index (χ0v) is 13.2. The molecule has 0 aliphatic heterocycles. The summed E-state index contributed by atoms with van der Waals surface area (Å²) in [6, 6.07) is 13.7. The molecule has 4 heteroatoms. The first kappa shape index (κ1) is 13.4. The van der Waals surface area contributed by atoms with Gasteiger partial charge in [0, 0.05) is 21.1 Å². The molecule has 0 aliphatic rings. The van der Waals surface area contributed by atoms with E-state index in [2.05, 4.69) is 15.9 Å². The highest BCUT2D eigenvalue weighted by atomic mass is 79.9. The summed E-state index contributed by atoms with van der Waals surface area (Å²) in [6.45, 7) is 1.98. The van der Waals surface area contributed by atoms with Crippen molar-refractivity contribution in [3.8, 4) is 11.3 Å². The van der Waals surface area contributed by atoms with Gasteiger partial charge < -0.3 is 5.73 Å². The molecule has 0 amide bonds. The summed E-state index contributed by atoms with van der Waals surface area (Å²) in [5.74, 6) is 0. The van der Waals surface area contributed by atoms with Gasteiger partial charge in [-0.05, 0) is 24.6 Å². The highest BCUT2D eigenvalue weighted by Crippen LogP contribution is 2.37. The minimum atomic E-state index is 0.604. The monoisotopic (exact) mass is 346 g/mol. The Morgan fingerprint density at radius 1 is 1.10 bits per heavy atom. The van der Waals surface area contributed by atoms with Crippen LogP contribution >= 0.6 is 27.5 Å². The zero-order chi connectivity index (χ0) is 14.3. The van der Waals surface area contributed by atoms with E-state index in [0.717, 1.165) is 32.2 Å². The van der Waals surface area contributed by atoms with Crippen LogP contribution in [0.2, 0.25) is 5.02 Å². The maximum Gasteiger partial charge on any atom is 0.0927 e. The van der Waals surface area contributed by atoms with Gasteiger partial charge in [-0.25, -0.2) is 4.98 Å². The third-order valence-electron chi connectivity index (χ3n) is 3.38. The van der Waals surface area contributed by atoms with Crippen LogP contribution in [-0.2, 0) is 0 Å². The van der Waals surface area contributed by atoms with Crippen LogP contribution in [0.5, 0.6) is 0 Å². The van der Waals surface area contributed by atoms with Crippen molar-refractivity contribution in [3.63, 3.8) is 0 Å². The van der Waals surface area contributed by atoms with Gasteiger partial charge >= 0.3 is 0 Å². The number of benzene rings is 2. The van der Waals surface area contributed by atoms with E-state index in [1.807, 2.05) is 49.4 Å². The SMILES string of the molecule is Cc1c(-c2ccccc2)nc2c(Cl)ccc(Br)c2c1N. The van der Waals surface area contributed by atoms with E-state index in [1.54, 1.807) is 0 Å². The molecule has 1 aromatic heterocycles. The Kier molecular flexibility index (Phi) is 3.40. The fourth-order valence-electron chi connectivity index (χ4n) is 2.29. The van der Waals surface area contributed by atoms with Crippen LogP contribution < -0.4 is 5.73 Å². The number of fused-ring (bicyclic) bond motifs is 1.